The van der Waals surface area contributed by atoms with Crippen molar-refractivity contribution in [1.29, 1.82) is 0 Å². The van der Waals surface area contributed by atoms with Gasteiger partial charge in [-0.1, -0.05) is 24.3 Å². The van der Waals surface area contributed by atoms with Crippen LogP contribution in [0.15, 0.2) is 42.5 Å². The van der Waals surface area contributed by atoms with Crippen LogP contribution >= 0.6 is 0 Å². The third-order valence-corrected chi connectivity index (χ3v) is 3.17. The van der Waals surface area contributed by atoms with Crippen molar-refractivity contribution >= 4 is 0 Å². The summed E-state index contributed by atoms with van der Waals surface area (Å²) in [5.74, 6) is 5.11. The Labute approximate surface area is 120 Å². The van der Waals surface area contributed by atoms with Crippen LogP contribution in [0.1, 0.15) is 22.7 Å². The molecule has 0 saturated carbocycles. The van der Waals surface area contributed by atoms with Crippen molar-refractivity contribution in [3.05, 3.63) is 65.0 Å². The van der Waals surface area contributed by atoms with Gasteiger partial charge in [0.1, 0.15) is 11.6 Å². The lowest BCUT2D eigenvalue weighted by Crippen LogP contribution is -2.30. The molecule has 1 unspecified atom stereocenters. The molecule has 3 N–H and O–H groups in total. The fourth-order valence-electron chi connectivity index (χ4n) is 2.19. The Morgan fingerprint density at radius 1 is 1.10 bits per heavy atom. The number of nitrogens with one attached hydrogen (secondary N) is 1. The highest BCUT2D eigenvalue weighted by Crippen LogP contribution is 2.32. The van der Waals surface area contributed by atoms with Crippen LogP contribution in [0.4, 0.5) is 13.2 Å². The van der Waals surface area contributed by atoms with Gasteiger partial charge in [0.15, 0.2) is 0 Å². The minimum atomic E-state index is -2.95. The van der Waals surface area contributed by atoms with E-state index in [1.807, 2.05) is 0 Å². The number of hydrazine groups is 1. The molecule has 0 bridgehead atoms. The molecule has 2 aromatic rings. The van der Waals surface area contributed by atoms with Crippen LogP contribution in [-0.2, 0) is 0 Å². The van der Waals surface area contributed by atoms with Crippen molar-refractivity contribution in [3.63, 3.8) is 0 Å². The summed E-state index contributed by atoms with van der Waals surface area (Å²) in [6.07, 6.45) is 0. The minimum absolute atomic E-state index is 0.000823. The molecule has 0 radical (unpaired) electrons. The average molecular weight is 296 g/mol. The predicted molar refractivity (Wildman–Crippen MR) is 73.4 cm³/mol. The Balaban J connectivity index is 2.49. The second-order valence-electron chi connectivity index (χ2n) is 4.52. The lowest BCUT2D eigenvalue weighted by molar-refractivity contribution is -0.0506. The molecule has 0 fully saturated rings. The lowest BCUT2D eigenvalue weighted by Gasteiger charge is -2.21. The van der Waals surface area contributed by atoms with E-state index in [-0.39, 0.29) is 5.75 Å². The Morgan fingerprint density at radius 3 is 2.48 bits per heavy atom. The van der Waals surface area contributed by atoms with Crippen LogP contribution < -0.4 is 16.0 Å². The van der Waals surface area contributed by atoms with Gasteiger partial charge in [0, 0.05) is 5.56 Å². The van der Waals surface area contributed by atoms with E-state index in [0.717, 1.165) is 5.56 Å². The second-order valence-corrected chi connectivity index (χ2v) is 4.52. The van der Waals surface area contributed by atoms with Gasteiger partial charge in [-0.15, -0.1) is 0 Å². The summed E-state index contributed by atoms with van der Waals surface area (Å²) in [6.45, 7) is -1.16. The number of alkyl halides is 2. The van der Waals surface area contributed by atoms with E-state index in [4.69, 9.17) is 5.84 Å². The molecule has 6 heteroatoms. The molecule has 2 aromatic carbocycles. The van der Waals surface area contributed by atoms with Gasteiger partial charge < -0.3 is 4.74 Å². The van der Waals surface area contributed by atoms with Crippen LogP contribution in [0.5, 0.6) is 5.75 Å². The van der Waals surface area contributed by atoms with Gasteiger partial charge in [0.2, 0.25) is 0 Å². The molecule has 0 aromatic heterocycles. The first-order valence-electron chi connectivity index (χ1n) is 6.29. The SMILES string of the molecule is Cc1ccc(F)cc1C(NN)c1ccccc1OC(F)F. The Morgan fingerprint density at radius 2 is 1.81 bits per heavy atom. The first kappa shape index (κ1) is 15.3. The van der Waals surface area contributed by atoms with Crippen LogP contribution in [-0.4, -0.2) is 6.61 Å². The summed E-state index contributed by atoms with van der Waals surface area (Å²) in [5, 5.41) is 0. The number of benzene rings is 2. The third kappa shape index (κ3) is 3.53. The van der Waals surface area contributed by atoms with Crippen molar-refractivity contribution in [2.24, 2.45) is 5.84 Å². The number of hydrogen-bond acceptors (Lipinski definition) is 3. The standard InChI is InChI=1S/C15H15F3N2O/c1-9-6-7-10(16)8-12(9)14(20-19)11-4-2-3-5-13(11)21-15(17)18/h2-8,14-15,20H,19H2,1H3. The lowest BCUT2D eigenvalue weighted by atomic mass is 9.94. The molecular formula is C15H15F3N2O. The summed E-state index contributed by atoms with van der Waals surface area (Å²) < 4.78 is 42.9. The summed E-state index contributed by atoms with van der Waals surface area (Å²) in [5.41, 5.74) is 4.28. The molecule has 0 spiro atoms. The van der Waals surface area contributed by atoms with Gasteiger partial charge in [-0.05, 0) is 36.2 Å². The Bertz CT molecular complexity index is 620. The number of para-hydroxylation sites is 1. The molecule has 0 amide bonds. The fourth-order valence-corrected chi connectivity index (χ4v) is 2.19. The number of nitrogens with two attached hydrogens (primary N) is 1. The largest absolute Gasteiger partial charge is 0.434 e. The fraction of sp³-hybridized carbons (Fsp3) is 0.200. The van der Waals surface area contributed by atoms with Gasteiger partial charge >= 0.3 is 6.61 Å². The van der Waals surface area contributed by atoms with Gasteiger partial charge in [0.05, 0.1) is 6.04 Å². The second kappa shape index (κ2) is 6.60. The number of hydrogen-bond donors (Lipinski definition) is 2. The van der Waals surface area contributed by atoms with Gasteiger partial charge in [-0.3, -0.25) is 5.84 Å². The van der Waals surface area contributed by atoms with Crippen molar-refractivity contribution in [2.45, 2.75) is 19.6 Å². The third-order valence-electron chi connectivity index (χ3n) is 3.17. The van der Waals surface area contributed by atoms with Crippen LogP contribution in [0.2, 0.25) is 0 Å². The topological polar surface area (TPSA) is 47.3 Å². The molecule has 0 aliphatic rings. The van der Waals surface area contributed by atoms with E-state index in [0.29, 0.717) is 11.1 Å². The molecular weight excluding hydrogens is 281 g/mol. The highest BCUT2D eigenvalue weighted by atomic mass is 19.3. The molecule has 1 atom stereocenters. The minimum Gasteiger partial charge on any atom is -0.434 e. The zero-order valence-electron chi connectivity index (χ0n) is 11.3. The van der Waals surface area contributed by atoms with Crippen LogP contribution in [0, 0.1) is 12.7 Å². The van der Waals surface area contributed by atoms with Crippen molar-refractivity contribution in [1.82, 2.24) is 5.43 Å². The quantitative estimate of drug-likeness (QED) is 0.657. The predicted octanol–water partition coefficient (Wildman–Crippen LogP) is 3.29. The molecule has 0 aliphatic heterocycles. The number of ether oxygens (including phenoxy) is 1. The van der Waals surface area contributed by atoms with Crippen molar-refractivity contribution < 1.29 is 17.9 Å². The zero-order valence-corrected chi connectivity index (χ0v) is 11.3. The van der Waals surface area contributed by atoms with Gasteiger partial charge in [0.25, 0.3) is 0 Å². The summed E-state index contributed by atoms with van der Waals surface area (Å²) in [6, 6.07) is 9.86. The smallest absolute Gasteiger partial charge is 0.387 e. The first-order chi connectivity index (χ1) is 10.0. The molecule has 3 nitrogen and oxygen atoms in total. The molecule has 21 heavy (non-hydrogen) atoms. The first-order valence-corrected chi connectivity index (χ1v) is 6.29. The summed E-state index contributed by atoms with van der Waals surface area (Å²) >= 11 is 0. The van der Waals surface area contributed by atoms with Gasteiger partial charge in [-0.25, -0.2) is 9.82 Å². The average Bonchev–Trinajstić information content (AvgIpc) is 2.44. The van der Waals surface area contributed by atoms with E-state index in [2.05, 4.69) is 10.2 Å². The highest BCUT2D eigenvalue weighted by Gasteiger charge is 2.20. The maximum Gasteiger partial charge on any atom is 0.387 e. The summed E-state index contributed by atoms with van der Waals surface area (Å²) in [4.78, 5) is 0. The molecule has 0 aliphatic carbocycles. The van der Waals surface area contributed by atoms with E-state index in [1.54, 1.807) is 31.2 Å². The van der Waals surface area contributed by atoms with Crippen molar-refractivity contribution in [3.8, 4) is 5.75 Å². The summed E-state index contributed by atoms with van der Waals surface area (Å²) in [7, 11) is 0. The van der Waals surface area contributed by atoms with Crippen LogP contribution in [0.3, 0.4) is 0 Å². The highest BCUT2D eigenvalue weighted by molar-refractivity contribution is 5.44. The number of rotatable bonds is 5. The van der Waals surface area contributed by atoms with E-state index in [1.165, 1.54) is 18.2 Å². The van der Waals surface area contributed by atoms with Crippen molar-refractivity contribution in [2.75, 3.05) is 0 Å². The van der Waals surface area contributed by atoms with E-state index in [9.17, 15) is 13.2 Å². The normalized spacial score (nSPS) is 12.5. The molecule has 0 saturated heterocycles. The molecule has 112 valence electrons. The molecule has 0 heterocycles. The Hall–Kier alpha value is -2.05. The molecule has 2 rings (SSSR count). The zero-order chi connectivity index (χ0) is 15.4. The maximum absolute atomic E-state index is 13.5. The number of halogens is 3. The number of aryl methyl sites for hydroxylation is 1. The van der Waals surface area contributed by atoms with Crippen LogP contribution in [0.25, 0.3) is 0 Å². The Kier molecular flexibility index (Phi) is 4.82. The van der Waals surface area contributed by atoms with Gasteiger partial charge in [-0.2, -0.15) is 8.78 Å². The van der Waals surface area contributed by atoms with E-state index >= 15 is 0 Å². The monoisotopic (exact) mass is 296 g/mol. The van der Waals surface area contributed by atoms with E-state index < -0.39 is 18.5 Å². The maximum atomic E-state index is 13.5.